The molecule has 0 saturated carbocycles. The molecule has 0 aliphatic carbocycles. The van der Waals surface area contributed by atoms with Crippen LogP contribution in [0.25, 0.3) is 0 Å². The molecular formula is C13H13N2NaO7S3. The minimum atomic E-state index is -3.11. The zero-order valence-electron chi connectivity index (χ0n) is 13.7. The summed E-state index contributed by atoms with van der Waals surface area (Å²) < 4.78 is 25.3. The van der Waals surface area contributed by atoms with Crippen molar-refractivity contribution in [3.05, 3.63) is 30.8 Å². The second kappa shape index (κ2) is 14.1. The quantitative estimate of drug-likeness (QED) is 0.158. The van der Waals surface area contributed by atoms with Gasteiger partial charge in [0, 0.05) is 18.4 Å². The number of carbonyl (C=O) groups excluding carboxylic acids is 3. The Morgan fingerprint density at radius 2 is 2.00 bits per heavy atom. The summed E-state index contributed by atoms with van der Waals surface area (Å²) in [5.74, 6) is -0.915. The fourth-order valence-electron chi connectivity index (χ4n) is 1.48. The topological polar surface area (TPSA) is 128 Å². The third-order valence-electron chi connectivity index (χ3n) is 2.46. The van der Waals surface area contributed by atoms with Gasteiger partial charge in [0.15, 0.2) is 0 Å². The van der Waals surface area contributed by atoms with Gasteiger partial charge in [0.25, 0.3) is 0 Å². The van der Waals surface area contributed by atoms with Crippen LogP contribution in [0, 0.1) is 6.42 Å². The molecule has 0 atom stereocenters. The van der Waals surface area contributed by atoms with Crippen molar-refractivity contribution in [2.45, 2.75) is 24.3 Å². The third-order valence-corrected chi connectivity index (χ3v) is 4.81. The van der Waals surface area contributed by atoms with Gasteiger partial charge < -0.3 is 9.63 Å². The molecule has 13 heteroatoms. The summed E-state index contributed by atoms with van der Waals surface area (Å²) in [6, 6.07) is 5.67. The van der Waals surface area contributed by atoms with Gasteiger partial charge in [-0.15, -0.1) is 17.7 Å². The van der Waals surface area contributed by atoms with Crippen molar-refractivity contribution in [1.82, 2.24) is 10.0 Å². The molecule has 1 aliphatic heterocycles. The number of hydroxylamine groups is 2. The average Bonchev–Trinajstić information content (AvgIpc) is 2.87. The van der Waals surface area contributed by atoms with Crippen molar-refractivity contribution in [3.8, 4) is 0 Å². The molecule has 1 saturated heterocycles. The van der Waals surface area contributed by atoms with Crippen LogP contribution in [-0.4, -0.2) is 46.2 Å². The number of hydrogen-bond donors (Lipinski definition) is 0. The van der Waals surface area contributed by atoms with Gasteiger partial charge in [-0.25, -0.2) is 9.78 Å². The molecule has 2 heterocycles. The molecular weight excluding hydrogens is 415 g/mol. The normalized spacial score (nSPS) is 12.4. The molecule has 1 aromatic rings. The largest absolute Gasteiger partial charge is 1.00 e. The van der Waals surface area contributed by atoms with Crippen molar-refractivity contribution < 1.29 is 61.4 Å². The monoisotopic (exact) mass is 428 g/mol. The Hall–Kier alpha value is -1.05. The van der Waals surface area contributed by atoms with E-state index in [2.05, 4.69) is 4.98 Å². The van der Waals surface area contributed by atoms with Crippen LogP contribution in [0.1, 0.15) is 19.3 Å². The van der Waals surface area contributed by atoms with Gasteiger partial charge in [0.1, 0.15) is 10.9 Å². The SMILES string of the molecule is O=C(CCCSSc1ccccn1)ON1C(=O)[CH-]CC1=O.O=S(=O)=O.[Na+]. The fourth-order valence-corrected chi connectivity index (χ4v) is 3.45. The van der Waals surface area contributed by atoms with E-state index in [9.17, 15) is 14.4 Å². The van der Waals surface area contributed by atoms with Gasteiger partial charge >= 0.3 is 46.1 Å². The Labute approximate surface area is 181 Å². The summed E-state index contributed by atoms with van der Waals surface area (Å²) in [5.41, 5.74) is 0. The number of carbonyl (C=O) groups is 3. The molecule has 26 heavy (non-hydrogen) atoms. The number of imide groups is 1. The Bertz CT molecular complexity index is 693. The number of rotatable bonds is 7. The van der Waals surface area contributed by atoms with Crippen molar-refractivity contribution in [2.75, 3.05) is 5.75 Å². The molecule has 0 spiro atoms. The Kier molecular flexibility index (Phi) is 13.5. The zero-order chi connectivity index (χ0) is 18.7. The first-order valence-electron chi connectivity index (χ1n) is 6.78. The van der Waals surface area contributed by atoms with Crippen molar-refractivity contribution in [2.24, 2.45) is 0 Å². The number of aromatic nitrogens is 1. The summed E-state index contributed by atoms with van der Waals surface area (Å²) in [6.45, 7) is 0. The van der Waals surface area contributed by atoms with Gasteiger partial charge in [-0.2, -0.15) is 0 Å². The van der Waals surface area contributed by atoms with Crippen molar-refractivity contribution in [1.29, 1.82) is 0 Å². The summed E-state index contributed by atoms with van der Waals surface area (Å²) in [5, 5.41) is 1.44. The smallest absolute Gasteiger partial charge is 0.333 e. The molecule has 1 aliphatic rings. The van der Waals surface area contributed by atoms with Crippen LogP contribution >= 0.6 is 21.6 Å². The number of nitrogens with zero attached hydrogens (tertiary/aromatic N) is 2. The second-order valence-electron chi connectivity index (χ2n) is 4.28. The molecule has 1 fully saturated rings. The average molecular weight is 428 g/mol. The molecule has 2 amide bonds. The van der Waals surface area contributed by atoms with E-state index in [1.807, 2.05) is 18.2 Å². The van der Waals surface area contributed by atoms with E-state index in [1.165, 1.54) is 17.2 Å². The summed E-state index contributed by atoms with van der Waals surface area (Å²) in [7, 11) is 0.00937. The van der Waals surface area contributed by atoms with E-state index < -0.39 is 28.4 Å². The van der Waals surface area contributed by atoms with Crippen molar-refractivity contribution >= 4 is 50.0 Å². The van der Waals surface area contributed by atoms with Gasteiger partial charge in [-0.1, -0.05) is 23.3 Å². The zero-order valence-corrected chi connectivity index (χ0v) is 18.1. The number of pyridine rings is 1. The van der Waals surface area contributed by atoms with Crippen LogP contribution in [0.15, 0.2) is 29.4 Å². The third kappa shape index (κ3) is 10.8. The first-order valence-corrected chi connectivity index (χ1v) is 10.1. The van der Waals surface area contributed by atoms with Crippen LogP contribution in [0.2, 0.25) is 0 Å². The van der Waals surface area contributed by atoms with Gasteiger partial charge in [-0.05, 0) is 29.3 Å². The van der Waals surface area contributed by atoms with Crippen molar-refractivity contribution in [3.63, 3.8) is 0 Å². The molecule has 136 valence electrons. The van der Waals surface area contributed by atoms with Gasteiger partial charge in [-0.3, -0.25) is 11.2 Å². The second-order valence-corrected chi connectivity index (χ2v) is 7.12. The molecule has 0 unspecified atom stereocenters. The fraction of sp³-hybridized carbons (Fsp3) is 0.308. The molecule has 1 aromatic heterocycles. The van der Waals surface area contributed by atoms with E-state index in [-0.39, 0.29) is 42.4 Å². The van der Waals surface area contributed by atoms with Crippen LogP contribution < -0.4 is 29.6 Å². The van der Waals surface area contributed by atoms with E-state index in [1.54, 1.807) is 17.0 Å². The maximum Gasteiger partial charge on any atom is 1.00 e. The first-order chi connectivity index (χ1) is 11.9. The maximum atomic E-state index is 11.5. The Morgan fingerprint density at radius 1 is 1.31 bits per heavy atom. The predicted molar refractivity (Wildman–Crippen MR) is 88.3 cm³/mol. The van der Waals surface area contributed by atoms with E-state index >= 15 is 0 Å². The number of amides is 2. The van der Waals surface area contributed by atoms with Gasteiger partial charge in [0.05, 0.1) is 0 Å². The maximum absolute atomic E-state index is 11.5. The summed E-state index contributed by atoms with van der Waals surface area (Å²) in [6.07, 6.45) is 3.66. The predicted octanol–water partition coefficient (Wildman–Crippen LogP) is -1.98. The molecule has 0 bridgehead atoms. The van der Waals surface area contributed by atoms with Crippen LogP contribution in [0.4, 0.5) is 0 Å². The van der Waals surface area contributed by atoms with E-state index in [0.29, 0.717) is 11.5 Å². The number of hydrogen-bond acceptors (Lipinski definition) is 10. The van der Waals surface area contributed by atoms with E-state index in [0.717, 1.165) is 10.8 Å². The molecule has 0 N–H and O–H groups in total. The molecule has 9 nitrogen and oxygen atoms in total. The van der Waals surface area contributed by atoms with Gasteiger partial charge in [0.2, 0.25) is 5.91 Å². The molecule has 0 radical (unpaired) electrons. The molecule has 0 aromatic carbocycles. The van der Waals surface area contributed by atoms with Crippen LogP contribution in [0.5, 0.6) is 0 Å². The van der Waals surface area contributed by atoms with E-state index in [4.69, 9.17) is 17.5 Å². The standard InChI is InChI=1S/C13H13N2O4S2.Na.O3S/c16-11-6-7-12(17)15(11)19-13(18)5-3-9-20-21-10-4-1-2-8-14-10;;1-4(2)3/h1-2,4,6,8H,3,5,7,9H2;;/q-1;+1;. The van der Waals surface area contributed by atoms with Crippen LogP contribution in [0.3, 0.4) is 0 Å². The minimum Gasteiger partial charge on any atom is -0.333 e. The molecule has 2 rings (SSSR count). The summed E-state index contributed by atoms with van der Waals surface area (Å²) >= 11 is 0. The first kappa shape index (κ1) is 24.9. The summed E-state index contributed by atoms with van der Waals surface area (Å²) in [4.78, 5) is 42.9. The minimum absolute atomic E-state index is 0. The Morgan fingerprint density at radius 3 is 2.54 bits per heavy atom. The van der Waals surface area contributed by atoms with Crippen LogP contribution in [-0.2, 0) is 29.8 Å². The Balaban J connectivity index is 0.00000113.